The molecule has 3 aromatic rings. The lowest BCUT2D eigenvalue weighted by molar-refractivity contribution is -0.123. The Bertz CT molecular complexity index is 1120. The second-order valence-corrected chi connectivity index (χ2v) is 8.44. The molecule has 4 rings (SSSR count). The van der Waals surface area contributed by atoms with E-state index < -0.39 is 5.54 Å². The average molecular weight is 422 g/mol. The standard InChI is InChI=1S/C23H27N5O3/c1-6-17-8-7-9-18(10-17)12-27-22(30)28(21(29)23(27,4)5)19-11-24-26(13-19)14-20-15(2)25-31-16(20)3/h7-11,13H,6,12,14H2,1-5H3. The van der Waals surface area contributed by atoms with Crippen LogP contribution in [0, 0.1) is 13.8 Å². The Morgan fingerprint density at radius 3 is 2.52 bits per heavy atom. The van der Waals surface area contributed by atoms with Crippen LogP contribution in [0.1, 0.15) is 48.9 Å². The van der Waals surface area contributed by atoms with Crippen LogP contribution in [0.25, 0.3) is 0 Å². The van der Waals surface area contributed by atoms with E-state index in [0.29, 0.717) is 18.8 Å². The Hall–Kier alpha value is -3.42. The molecule has 0 saturated carbocycles. The smallest absolute Gasteiger partial charge is 0.332 e. The molecule has 1 aliphatic heterocycles. The minimum absolute atomic E-state index is 0.263. The molecule has 2 aromatic heterocycles. The van der Waals surface area contributed by atoms with Gasteiger partial charge in [0.15, 0.2) is 0 Å². The zero-order valence-electron chi connectivity index (χ0n) is 18.5. The molecule has 3 heterocycles. The van der Waals surface area contributed by atoms with E-state index in [1.165, 1.54) is 10.5 Å². The Kier molecular flexibility index (Phi) is 5.16. The molecule has 0 aliphatic carbocycles. The van der Waals surface area contributed by atoms with E-state index in [1.54, 1.807) is 35.8 Å². The summed E-state index contributed by atoms with van der Waals surface area (Å²) in [5, 5.41) is 8.31. The van der Waals surface area contributed by atoms with Crippen LogP contribution in [0.3, 0.4) is 0 Å². The normalized spacial score (nSPS) is 15.9. The maximum atomic E-state index is 13.3. The first-order chi connectivity index (χ1) is 14.7. The van der Waals surface area contributed by atoms with Crippen molar-refractivity contribution >= 4 is 17.6 Å². The number of urea groups is 1. The summed E-state index contributed by atoms with van der Waals surface area (Å²) in [4.78, 5) is 29.3. The number of hydrogen-bond acceptors (Lipinski definition) is 5. The van der Waals surface area contributed by atoms with Crippen molar-refractivity contribution in [2.45, 2.75) is 59.7 Å². The first-order valence-electron chi connectivity index (χ1n) is 10.4. The van der Waals surface area contributed by atoms with Gasteiger partial charge in [0.2, 0.25) is 0 Å². The molecule has 1 saturated heterocycles. The molecular weight excluding hydrogens is 394 g/mol. The van der Waals surface area contributed by atoms with Gasteiger partial charge in [0.1, 0.15) is 11.3 Å². The molecule has 162 valence electrons. The van der Waals surface area contributed by atoms with Gasteiger partial charge in [-0.2, -0.15) is 5.10 Å². The first kappa shape index (κ1) is 20.8. The molecule has 8 nitrogen and oxygen atoms in total. The fraction of sp³-hybridized carbons (Fsp3) is 0.391. The van der Waals surface area contributed by atoms with Gasteiger partial charge < -0.3 is 9.42 Å². The minimum Gasteiger partial charge on any atom is -0.361 e. The monoisotopic (exact) mass is 421 g/mol. The number of rotatable bonds is 6. The number of aromatic nitrogens is 3. The number of amides is 3. The van der Waals surface area contributed by atoms with E-state index in [0.717, 1.165) is 29.0 Å². The Morgan fingerprint density at radius 1 is 1.10 bits per heavy atom. The summed E-state index contributed by atoms with van der Waals surface area (Å²) in [6.07, 6.45) is 4.17. The summed E-state index contributed by atoms with van der Waals surface area (Å²) in [5.41, 5.74) is 3.44. The van der Waals surface area contributed by atoms with Gasteiger partial charge in [-0.25, -0.2) is 9.69 Å². The maximum Gasteiger partial charge on any atom is 0.332 e. The van der Waals surface area contributed by atoms with Gasteiger partial charge in [-0.3, -0.25) is 9.48 Å². The van der Waals surface area contributed by atoms with Crippen LogP contribution in [-0.2, 0) is 24.3 Å². The van der Waals surface area contributed by atoms with E-state index in [1.807, 2.05) is 26.0 Å². The third-order valence-electron chi connectivity index (χ3n) is 5.94. The second-order valence-electron chi connectivity index (χ2n) is 8.44. The highest BCUT2D eigenvalue weighted by atomic mass is 16.5. The largest absolute Gasteiger partial charge is 0.361 e. The van der Waals surface area contributed by atoms with Gasteiger partial charge in [-0.1, -0.05) is 36.3 Å². The summed E-state index contributed by atoms with van der Waals surface area (Å²) in [6.45, 7) is 10.2. The second kappa shape index (κ2) is 7.68. The lowest BCUT2D eigenvalue weighted by Gasteiger charge is -2.27. The van der Waals surface area contributed by atoms with Crippen molar-refractivity contribution in [3.05, 3.63) is 64.8 Å². The lowest BCUT2D eigenvalue weighted by atomic mass is 10.0. The predicted octanol–water partition coefficient (Wildman–Crippen LogP) is 3.85. The van der Waals surface area contributed by atoms with Crippen LogP contribution in [0.15, 0.2) is 41.2 Å². The average Bonchev–Trinajstić information content (AvgIpc) is 3.37. The van der Waals surface area contributed by atoms with E-state index in [4.69, 9.17) is 4.52 Å². The van der Waals surface area contributed by atoms with Crippen molar-refractivity contribution in [3.8, 4) is 0 Å². The Labute approximate surface area is 181 Å². The van der Waals surface area contributed by atoms with Crippen molar-refractivity contribution in [2.75, 3.05) is 4.90 Å². The number of carbonyl (C=O) groups excluding carboxylic acids is 2. The van der Waals surface area contributed by atoms with Crippen molar-refractivity contribution in [1.29, 1.82) is 0 Å². The summed E-state index contributed by atoms with van der Waals surface area (Å²) in [6, 6.07) is 7.77. The summed E-state index contributed by atoms with van der Waals surface area (Å²) < 4.78 is 6.89. The highest BCUT2D eigenvalue weighted by Gasteiger charge is 2.52. The van der Waals surface area contributed by atoms with Crippen molar-refractivity contribution in [1.82, 2.24) is 19.8 Å². The highest BCUT2D eigenvalue weighted by Crippen LogP contribution is 2.33. The number of hydrogen-bond donors (Lipinski definition) is 0. The molecule has 8 heteroatoms. The Morgan fingerprint density at radius 2 is 1.84 bits per heavy atom. The summed E-state index contributed by atoms with van der Waals surface area (Å²) in [5.74, 6) is 0.463. The topological polar surface area (TPSA) is 84.5 Å². The molecule has 0 bridgehead atoms. The Balaban J connectivity index is 1.59. The number of carbonyl (C=O) groups is 2. The van der Waals surface area contributed by atoms with Crippen LogP contribution < -0.4 is 4.90 Å². The highest BCUT2D eigenvalue weighted by molar-refractivity contribution is 6.22. The van der Waals surface area contributed by atoms with E-state index in [-0.39, 0.29) is 11.9 Å². The number of nitrogens with zero attached hydrogens (tertiary/aromatic N) is 5. The fourth-order valence-electron chi connectivity index (χ4n) is 3.90. The number of benzene rings is 1. The minimum atomic E-state index is -0.955. The van der Waals surface area contributed by atoms with Gasteiger partial charge >= 0.3 is 6.03 Å². The summed E-state index contributed by atoms with van der Waals surface area (Å²) >= 11 is 0. The molecule has 0 N–H and O–H groups in total. The third kappa shape index (κ3) is 3.62. The van der Waals surface area contributed by atoms with Gasteiger partial charge in [0, 0.05) is 18.3 Å². The molecule has 1 aliphatic rings. The van der Waals surface area contributed by atoms with Crippen LogP contribution >= 0.6 is 0 Å². The number of aryl methyl sites for hydroxylation is 3. The van der Waals surface area contributed by atoms with E-state index in [2.05, 4.69) is 29.3 Å². The molecule has 0 atom stereocenters. The molecule has 0 unspecified atom stereocenters. The van der Waals surface area contributed by atoms with Crippen LogP contribution in [0.2, 0.25) is 0 Å². The lowest BCUT2D eigenvalue weighted by Crippen LogP contribution is -2.43. The van der Waals surface area contributed by atoms with Crippen LogP contribution in [0.5, 0.6) is 0 Å². The van der Waals surface area contributed by atoms with Crippen LogP contribution in [0.4, 0.5) is 10.5 Å². The van der Waals surface area contributed by atoms with Gasteiger partial charge in [-0.05, 0) is 45.2 Å². The molecule has 1 aromatic carbocycles. The molecule has 1 fully saturated rings. The van der Waals surface area contributed by atoms with Crippen molar-refractivity contribution in [3.63, 3.8) is 0 Å². The molecular formula is C23H27N5O3. The van der Waals surface area contributed by atoms with Crippen LogP contribution in [-0.4, -0.2) is 37.3 Å². The van der Waals surface area contributed by atoms with E-state index in [9.17, 15) is 9.59 Å². The first-order valence-corrected chi connectivity index (χ1v) is 10.4. The molecule has 31 heavy (non-hydrogen) atoms. The molecule has 0 spiro atoms. The SMILES string of the molecule is CCc1cccc(CN2C(=O)N(c3cnn(Cc4c(C)noc4C)c3)C(=O)C2(C)C)c1. The number of anilines is 1. The third-order valence-corrected chi connectivity index (χ3v) is 5.94. The van der Waals surface area contributed by atoms with Crippen molar-refractivity contribution < 1.29 is 14.1 Å². The fourth-order valence-corrected chi connectivity index (χ4v) is 3.90. The number of imide groups is 1. The van der Waals surface area contributed by atoms with Gasteiger partial charge in [0.25, 0.3) is 5.91 Å². The quantitative estimate of drug-likeness (QED) is 0.565. The van der Waals surface area contributed by atoms with Crippen molar-refractivity contribution in [2.24, 2.45) is 0 Å². The molecule has 0 radical (unpaired) electrons. The van der Waals surface area contributed by atoms with Gasteiger partial charge in [-0.15, -0.1) is 0 Å². The maximum absolute atomic E-state index is 13.3. The predicted molar refractivity (Wildman–Crippen MR) is 116 cm³/mol. The van der Waals surface area contributed by atoms with E-state index >= 15 is 0 Å². The molecule has 3 amide bonds. The zero-order chi connectivity index (χ0) is 22.3. The zero-order valence-corrected chi connectivity index (χ0v) is 18.5. The summed E-state index contributed by atoms with van der Waals surface area (Å²) in [7, 11) is 0. The van der Waals surface area contributed by atoms with Gasteiger partial charge in [0.05, 0.1) is 24.1 Å².